The van der Waals surface area contributed by atoms with Gasteiger partial charge in [-0.1, -0.05) is 42.0 Å². The van der Waals surface area contributed by atoms with E-state index >= 15 is 0 Å². The first-order valence-corrected chi connectivity index (χ1v) is 8.32. The van der Waals surface area contributed by atoms with Gasteiger partial charge in [0.1, 0.15) is 28.9 Å². The van der Waals surface area contributed by atoms with Crippen LogP contribution in [0.2, 0.25) is 0 Å². The number of aromatic hydroxyl groups is 1. The highest BCUT2D eigenvalue weighted by atomic mass is 16.5. The molecule has 0 bridgehead atoms. The summed E-state index contributed by atoms with van der Waals surface area (Å²) >= 11 is 0. The molecule has 0 amide bonds. The monoisotopic (exact) mass is 338 g/mol. The molecule has 3 rings (SSSR count). The van der Waals surface area contributed by atoms with Crippen LogP contribution in [0.3, 0.4) is 0 Å². The number of phenols is 1. The number of carbonyl (C=O) groups is 1. The largest absolute Gasteiger partial charge is 0.507 e. The van der Waals surface area contributed by atoms with Crippen molar-refractivity contribution in [2.75, 3.05) is 7.11 Å². The van der Waals surface area contributed by atoms with Crippen molar-refractivity contribution in [2.45, 2.75) is 32.8 Å². The molecule has 4 nitrogen and oxygen atoms in total. The molecule has 25 heavy (non-hydrogen) atoms. The van der Waals surface area contributed by atoms with Gasteiger partial charge < -0.3 is 14.6 Å². The van der Waals surface area contributed by atoms with Crippen molar-refractivity contribution in [1.29, 1.82) is 0 Å². The predicted molar refractivity (Wildman–Crippen MR) is 96.6 cm³/mol. The summed E-state index contributed by atoms with van der Waals surface area (Å²) in [6.07, 6.45) is 2.47. The predicted octanol–water partition coefficient (Wildman–Crippen LogP) is 4.62. The van der Waals surface area contributed by atoms with Crippen LogP contribution in [0.1, 0.15) is 47.9 Å². The molecule has 2 aromatic carbocycles. The summed E-state index contributed by atoms with van der Waals surface area (Å²) in [6.45, 7) is 4.02. The van der Waals surface area contributed by atoms with Gasteiger partial charge in [-0.25, -0.2) is 0 Å². The van der Waals surface area contributed by atoms with Crippen LogP contribution in [-0.2, 0) is 6.42 Å². The number of fused-ring (bicyclic) bond motifs is 1. The van der Waals surface area contributed by atoms with E-state index in [0.717, 1.165) is 16.7 Å². The van der Waals surface area contributed by atoms with Gasteiger partial charge in [-0.3, -0.25) is 4.79 Å². The molecule has 2 aromatic rings. The standard InChI is InChI=1S/C21H22O4/c1-13(2)9-10-15-19(24-3)12-17(23)20-16(22)11-18(25-21(15)20)14-7-5-4-6-8-14/h4-9,12,18,23H,10-11H2,1-3H3/t18-/m0/s1. The molecule has 130 valence electrons. The van der Waals surface area contributed by atoms with Crippen LogP contribution < -0.4 is 9.47 Å². The normalized spacial score (nSPS) is 16.0. The lowest BCUT2D eigenvalue weighted by Gasteiger charge is -2.28. The fourth-order valence-corrected chi connectivity index (χ4v) is 3.05. The molecule has 1 atom stereocenters. The van der Waals surface area contributed by atoms with Crippen molar-refractivity contribution in [2.24, 2.45) is 0 Å². The number of phenolic OH excluding ortho intramolecular Hbond substituents is 1. The number of benzene rings is 2. The van der Waals surface area contributed by atoms with Gasteiger partial charge in [0.05, 0.1) is 13.5 Å². The SMILES string of the molecule is COc1cc(O)c2c(c1CC=C(C)C)O[C@H](c1ccccc1)CC2=O. The topological polar surface area (TPSA) is 55.8 Å². The average molecular weight is 338 g/mol. The Morgan fingerprint density at radius 2 is 2.04 bits per heavy atom. The number of hydrogen-bond acceptors (Lipinski definition) is 4. The Hall–Kier alpha value is -2.75. The zero-order chi connectivity index (χ0) is 18.0. The van der Waals surface area contributed by atoms with E-state index in [1.54, 1.807) is 7.11 Å². The Morgan fingerprint density at radius 3 is 2.68 bits per heavy atom. The molecule has 0 radical (unpaired) electrons. The molecule has 0 spiro atoms. The lowest BCUT2D eigenvalue weighted by molar-refractivity contribution is 0.0842. The van der Waals surface area contributed by atoms with Crippen molar-refractivity contribution < 1.29 is 19.4 Å². The number of hydrogen-bond donors (Lipinski definition) is 1. The van der Waals surface area contributed by atoms with Gasteiger partial charge in [-0.2, -0.15) is 0 Å². The number of ether oxygens (including phenoxy) is 2. The second-order valence-corrected chi connectivity index (χ2v) is 6.41. The third-order valence-corrected chi connectivity index (χ3v) is 4.34. The van der Waals surface area contributed by atoms with Crippen LogP contribution >= 0.6 is 0 Å². The summed E-state index contributed by atoms with van der Waals surface area (Å²) in [5.74, 6) is 0.743. The van der Waals surface area contributed by atoms with Gasteiger partial charge in [0, 0.05) is 11.6 Å². The molecule has 0 saturated carbocycles. The maximum absolute atomic E-state index is 12.7. The highest BCUT2D eigenvalue weighted by molar-refractivity contribution is 6.03. The van der Waals surface area contributed by atoms with Crippen LogP contribution in [0.25, 0.3) is 0 Å². The van der Waals surface area contributed by atoms with Gasteiger partial charge >= 0.3 is 0 Å². The number of methoxy groups -OCH3 is 1. The van der Waals surface area contributed by atoms with E-state index < -0.39 is 0 Å². The van der Waals surface area contributed by atoms with E-state index in [2.05, 4.69) is 6.08 Å². The molecule has 0 aromatic heterocycles. The zero-order valence-corrected chi connectivity index (χ0v) is 14.7. The van der Waals surface area contributed by atoms with E-state index in [1.807, 2.05) is 44.2 Å². The number of ketones is 1. The minimum atomic E-state index is -0.363. The van der Waals surface area contributed by atoms with Gasteiger partial charge in [0.2, 0.25) is 0 Å². The third kappa shape index (κ3) is 3.38. The highest BCUT2D eigenvalue weighted by Gasteiger charge is 2.33. The molecule has 1 aliphatic rings. The lowest BCUT2D eigenvalue weighted by Crippen LogP contribution is -2.22. The third-order valence-electron chi connectivity index (χ3n) is 4.34. The Labute approximate surface area is 147 Å². The van der Waals surface area contributed by atoms with Gasteiger partial charge in [-0.15, -0.1) is 0 Å². The Kier molecular flexibility index (Phi) is 4.79. The van der Waals surface area contributed by atoms with Crippen LogP contribution in [0, 0.1) is 0 Å². The molecular weight excluding hydrogens is 316 g/mol. The molecule has 0 fully saturated rings. The average Bonchev–Trinajstić information content (AvgIpc) is 2.60. The molecule has 1 aliphatic heterocycles. The molecule has 0 unspecified atom stereocenters. The van der Waals surface area contributed by atoms with E-state index in [-0.39, 0.29) is 29.6 Å². The fraction of sp³-hybridized carbons (Fsp3) is 0.286. The number of Topliss-reactive ketones (excluding diaryl/α,β-unsaturated/α-hetero) is 1. The molecule has 1 heterocycles. The first-order valence-electron chi connectivity index (χ1n) is 8.32. The van der Waals surface area contributed by atoms with E-state index in [1.165, 1.54) is 6.07 Å². The number of rotatable bonds is 4. The van der Waals surface area contributed by atoms with Crippen LogP contribution in [0.4, 0.5) is 0 Å². The smallest absolute Gasteiger partial charge is 0.174 e. The first-order chi connectivity index (χ1) is 12.0. The summed E-state index contributed by atoms with van der Waals surface area (Å²) in [6, 6.07) is 11.2. The van der Waals surface area contributed by atoms with E-state index in [9.17, 15) is 9.90 Å². The maximum atomic E-state index is 12.7. The molecule has 1 N–H and O–H groups in total. The Morgan fingerprint density at radius 1 is 1.32 bits per heavy atom. The summed E-state index contributed by atoms with van der Waals surface area (Å²) in [5, 5.41) is 10.3. The molecule has 0 saturated heterocycles. The highest BCUT2D eigenvalue weighted by Crippen LogP contribution is 2.45. The van der Waals surface area contributed by atoms with Crippen LogP contribution in [0.5, 0.6) is 17.2 Å². The van der Waals surface area contributed by atoms with Crippen molar-refractivity contribution in [3.05, 3.63) is 64.7 Å². The Balaban J connectivity index is 2.11. The van der Waals surface area contributed by atoms with Gasteiger partial charge in [-0.05, 0) is 25.8 Å². The van der Waals surface area contributed by atoms with Crippen molar-refractivity contribution in [1.82, 2.24) is 0 Å². The van der Waals surface area contributed by atoms with Crippen molar-refractivity contribution >= 4 is 5.78 Å². The quantitative estimate of drug-likeness (QED) is 0.827. The maximum Gasteiger partial charge on any atom is 0.174 e. The summed E-state index contributed by atoms with van der Waals surface area (Å²) in [5.41, 5.74) is 3.14. The second-order valence-electron chi connectivity index (χ2n) is 6.41. The van der Waals surface area contributed by atoms with Crippen LogP contribution in [0.15, 0.2) is 48.0 Å². The molecular formula is C21H22O4. The first kappa shape index (κ1) is 17.1. The number of allylic oxidation sites excluding steroid dienone is 2. The minimum Gasteiger partial charge on any atom is -0.507 e. The molecule has 4 heteroatoms. The Bertz CT molecular complexity index is 818. The second kappa shape index (κ2) is 7.01. The lowest BCUT2D eigenvalue weighted by atomic mass is 9.92. The number of carbonyl (C=O) groups excluding carboxylic acids is 1. The summed E-state index contributed by atoms with van der Waals surface area (Å²) < 4.78 is 11.6. The summed E-state index contributed by atoms with van der Waals surface area (Å²) in [4.78, 5) is 12.7. The fourth-order valence-electron chi connectivity index (χ4n) is 3.05. The minimum absolute atomic E-state index is 0.0932. The van der Waals surface area contributed by atoms with Crippen molar-refractivity contribution in [3.8, 4) is 17.2 Å². The van der Waals surface area contributed by atoms with Gasteiger partial charge in [0.25, 0.3) is 0 Å². The summed E-state index contributed by atoms with van der Waals surface area (Å²) in [7, 11) is 1.55. The van der Waals surface area contributed by atoms with E-state index in [0.29, 0.717) is 17.9 Å². The zero-order valence-electron chi connectivity index (χ0n) is 14.7. The van der Waals surface area contributed by atoms with Gasteiger partial charge in [0.15, 0.2) is 5.78 Å². The van der Waals surface area contributed by atoms with Crippen molar-refractivity contribution in [3.63, 3.8) is 0 Å². The van der Waals surface area contributed by atoms with Crippen LogP contribution in [-0.4, -0.2) is 18.0 Å². The van der Waals surface area contributed by atoms with E-state index in [4.69, 9.17) is 9.47 Å². The molecule has 0 aliphatic carbocycles.